The van der Waals surface area contributed by atoms with Crippen molar-refractivity contribution in [3.05, 3.63) is 58.8 Å². The third-order valence-corrected chi connectivity index (χ3v) is 8.58. The number of nitrogens with zero attached hydrogens (tertiary/aromatic N) is 4. The van der Waals surface area contributed by atoms with Gasteiger partial charge in [0.2, 0.25) is 0 Å². The molecule has 1 N–H and O–H groups in total. The minimum absolute atomic E-state index is 0.201. The third kappa shape index (κ3) is 5.20. The first-order valence-corrected chi connectivity index (χ1v) is 13.4. The van der Waals surface area contributed by atoms with Crippen LogP contribution in [-0.2, 0) is 6.54 Å². The van der Waals surface area contributed by atoms with E-state index in [9.17, 15) is 14.1 Å². The van der Waals surface area contributed by atoms with Gasteiger partial charge >= 0.3 is 5.76 Å². The smallest absolute Gasteiger partial charge is 0.408 e. The minimum Gasteiger partial charge on any atom is -0.408 e. The van der Waals surface area contributed by atoms with Crippen LogP contribution in [0.1, 0.15) is 25.7 Å². The second-order valence-electron chi connectivity index (χ2n) is 9.13. The topological polar surface area (TPSA) is 65.1 Å². The predicted molar refractivity (Wildman–Crippen MR) is 134 cm³/mol. The van der Waals surface area contributed by atoms with Crippen molar-refractivity contribution < 1.29 is 13.7 Å². The fourth-order valence-corrected chi connectivity index (χ4v) is 6.36. The molecule has 0 radical (unpaired) electrons. The van der Waals surface area contributed by atoms with Crippen molar-refractivity contribution in [1.82, 2.24) is 14.1 Å². The van der Waals surface area contributed by atoms with Gasteiger partial charge in [0.25, 0.3) is 0 Å². The van der Waals surface area contributed by atoms with E-state index in [1.807, 2.05) is 30.3 Å². The van der Waals surface area contributed by atoms with Crippen molar-refractivity contribution in [1.29, 1.82) is 0 Å². The number of anilines is 1. The van der Waals surface area contributed by atoms with E-state index >= 15 is 0 Å². The summed E-state index contributed by atoms with van der Waals surface area (Å²) in [4.78, 5) is 27.9. The van der Waals surface area contributed by atoms with Crippen LogP contribution in [0.4, 0.5) is 10.1 Å². The molecule has 182 valence electrons. The van der Waals surface area contributed by atoms with Crippen LogP contribution in [0.3, 0.4) is 0 Å². The fraction of sp³-hybridized carbons (Fsp3) is 0.480. The fourth-order valence-electron chi connectivity index (χ4n) is 4.93. The molecule has 2 aliphatic heterocycles. The lowest BCUT2D eigenvalue weighted by atomic mass is 10.2. The molecule has 1 unspecified atom stereocenters. The molecule has 0 spiro atoms. The Bertz CT molecular complexity index is 1150. The number of piperazine rings is 1. The molecule has 3 aromatic rings. The van der Waals surface area contributed by atoms with Gasteiger partial charge in [-0.1, -0.05) is 0 Å². The minimum atomic E-state index is -1.35. The van der Waals surface area contributed by atoms with Crippen LogP contribution in [0.2, 0.25) is 0 Å². The van der Waals surface area contributed by atoms with E-state index < -0.39 is 8.30 Å². The Morgan fingerprint density at radius 2 is 1.62 bits per heavy atom. The van der Waals surface area contributed by atoms with E-state index in [2.05, 4.69) is 14.5 Å². The highest BCUT2D eigenvalue weighted by Gasteiger charge is 2.23. The predicted octanol–water partition coefficient (Wildman–Crippen LogP) is 3.36. The number of hydrogen-bond acceptors (Lipinski definition) is 6. The lowest BCUT2D eigenvalue weighted by Gasteiger charge is -2.36. The maximum atomic E-state index is 13.1. The summed E-state index contributed by atoms with van der Waals surface area (Å²) in [5.74, 6) is -0.531. The van der Waals surface area contributed by atoms with Gasteiger partial charge in [-0.05, 0) is 74.7 Å². The van der Waals surface area contributed by atoms with Gasteiger partial charge in [0.1, 0.15) is 14.1 Å². The van der Waals surface area contributed by atoms with E-state index in [1.54, 1.807) is 4.57 Å². The van der Waals surface area contributed by atoms with E-state index in [1.165, 1.54) is 12.1 Å². The first kappa shape index (κ1) is 23.5. The SMILES string of the molecule is O=c1oc2cc(P(O)N3CCCC3)ccc2n1CCCCN1CCN(c2ccc(F)cc2)CC1. The van der Waals surface area contributed by atoms with Gasteiger partial charge < -0.3 is 14.2 Å². The number of hydrogen-bond donors (Lipinski definition) is 1. The molecule has 2 fully saturated rings. The molecule has 1 aromatic heterocycles. The summed E-state index contributed by atoms with van der Waals surface area (Å²) in [5.41, 5.74) is 2.43. The summed E-state index contributed by atoms with van der Waals surface area (Å²) in [6, 6.07) is 12.4. The van der Waals surface area contributed by atoms with Crippen LogP contribution in [-0.4, -0.2) is 64.8 Å². The zero-order valence-electron chi connectivity index (χ0n) is 19.4. The van der Waals surface area contributed by atoms with Crippen molar-refractivity contribution in [3.63, 3.8) is 0 Å². The molecule has 0 aliphatic carbocycles. The Morgan fingerprint density at radius 3 is 2.35 bits per heavy atom. The second kappa shape index (κ2) is 10.6. The summed E-state index contributed by atoms with van der Waals surface area (Å²) in [5, 5.41) is 0.838. The van der Waals surface area contributed by atoms with E-state index in [-0.39, 0.29) is 11.6 Å². The Morgan fingerprint density at radius 1 is 0.912 bits per heavy atom. The van der Waals surface area contributed by atoms with Crippen LogP contribution in [0.15, 0.2) is 51.7 Å². The number of halogens is 1. The molecule has 1 atom stereocenters. The van der Waals surface area contributed by atoms with Gasteiger partial charge in [-0.15, -0.1) is 0 Å². The van der Waals surface area contributed by atoms with Gasteiger partial charge in [-0.3, -0.25) is 14.1 Å². The molecule has 34 heavy (non-hydrogen) atoms. The molecule has 5 rings (SSSR count). The first-order chi connectivity index (χ1) is 16.6. The van der Waals surface area contributed by atoms with Crippen LogP contribution in [0.25, 0.3) is 11.1 Å². The summed E-state index contributed by atoms with van der Waals surface area (Å²) in [6.45, 7) is 7.30. The first-order valence-electron chi connectivity index (χ1n) is 12.2. The Hall–Kier alpha value is -2.25. The zero-order chi connectivity index (χ0) is 23.5. The molecule has 3 heterocycles. The molecule has 0 bridgehead atoms. The molecule has 7 nitrogen and oxygen atoms in total. The third-order valence-electron chi connectivity index (χ3n) is 6.90. The van der Waals surface area contributed by atoms with Gasteiger partial charge in [0.15, 0.2) is 5.58 Å². The van der Waals surface area contributed by atoms with E-state index in [0.717, 1.165) is 88.0 Å². The number of aryl methyl sites for hydroxylation is 1. The van der Waals surface area contributed by atoms with E-state index in [4.69, 9.17) is 4.42 Å². The molecule has 2 aromatic carbocycles. The van der Waals surface area contributed by atoms with E-state index in [0.29, 0.717) is 12.1 Å². The molecule has 0 saturated carbocycles. The molecule has 9 heteroatoms. The van der Waals surface area contributed by atoms with Gasteiger partial charge in [0.05, 0.1) is 5.52 Å². The quantitative estimate of drug-likeness (QED) is 0.389. The van der Waals surface area contributed by atoms with Crippen molar-refractivity contribution in [2.45, 2.75) is 32.2 Å². The molecule has 0 amide bonds. The van der Waals surface area contributed by atoms with Crippen LogP contribution in [0, 0.1) is 5.82 Å². The summed E-state index contributed by atoms with van der Waals surface area (Å²) in [7, 11) is -1.35. The average Bonchev–Trinajstić information content (AvgIpc) is 3.50. The van der Waals surface area contributed by atoms with Gasteiger partial charge in [-0.2, -0.15) is 0 Å². The molecular weight excluding hydrogens is 454 g/mol. The van der Waals surface area contributed by atoms with Crippen molar-refractivity contribution >= 4 is 30.4 Å². The number of oxazole rings is 1. The average molecular weight is 487 g/mol. The highest BCUT2D eigenvalue weighted by Crippen LogP contribution is 2.37. The largest absolute Gasteiger partial charge is 0.419 e. The van der Waals surface area contributed by atoms with Crippen LogP contribution < -0.4 is 16.0 Å². The number of rotatable bonds is 8. The molecule has 2 saturated heterocycles. The highest BCUT2D eigenvalue weighted by atomic mass is 31.2. The summed E-state index contributed by atoms with van der Waals surface area (Å²) >= 11 is 0. The summed E-state index contributed by atoms with van der Waals surface area (Å²) < 4.78 is 22.5. The normalized spacial score (nSPS) is 18.7. The van der Waals surface area contributed by atoms with Gasteiger partial charge in [-0.25, -0.2) is 9.18 Å². The molecular formula is C25H32FN4O3P. The Kier molecular flexibility index (Phi) is 7.30. The van der Waals surface area contributed by atoms with Crippen molar-refractivity contribution in [2.24, 2.45) is 0 Å². The number of benzene rings is 2. The van der Waals surface area contributed by atoms with Crippen LogP contribution in [0.5, 0.6) is 0 Å². The lowest BCUT2D eigenvalue weighted by Crippen LogP contribution is -2.46. The number of fused-ring (bicyclic) bond motifs is 1. The maximum Gasteiger partial charge on any atom is 0.419 e. The lowest BCUT2D eigenvalue weighted by molar-refractivity contribution is 0.251. The standard InChI is InChI=1S/C25H32FN4O3P/c26-20-5-7-21(8-6-20)28-17-15-27(16-18-28)11-1-4-14-30-23-10-9-22(19-24(23)33-25(30)31)34(32)29-12-2-3-13-29/h5-10,19,32H,1-4,11-18H2. The number of unbranched alkanes of at least 4 members (excludes halogenated alkanes) is 1. The zero-order valence-corrected chi connectivity index (χ0v) is 20.3. The number of aromatic nitrogens is 1. The van der Waals surface area contributed by atoms with Gasteiger partial charge in [0, 0.05) is 56.8 Å². The molecule has 2 aliphatic rings. The Balaban J connectivity index is 1.11. The van der Waals surface area contributed by atoms with Crippen molar-refractivity contribution in [3.8, 4) is 0 Å². The summed E-state index contributed by atoms with van der Waals surface area (Å²) in [6.07, 6.45) is 4.15. The van der Waals surface area contributed by atoms with Crippen molar-refractivity contribution in [2.75, 3.05) is 50.7 Å². The monoisotopic (exact) mass is 486 g/mol. The highest BCUT2D eigenvalue weighted by molar-refractivity contribution is 7.57. The van der Waals surface area contributed by atoms with Crippen LogP contribution >= 0.6 is 8.30 Å². The maximum absolute atomic E-state index is 13.1. The Labute approximate surface area is 200 Å². The second-order valence-corrected chi connectivity index (χ2v) is 10.8.